The van der Waals surface area contributed by atoms with Gasteiger partial charge in [0.25, 0.3) is 0 Å². The number of esters is 1. The van der Waals surface area contributed by atoms with Crippen LogP contribution in [0.15, 0.2) is 11.6 Å². The van der Waals surface area contributed by atoms with E-state index in [0.717, 1.165) is 82.6 Å². The van der Waals surface area contributed by atoms with Gasteiger partial charge in [0.05, 0.1) is 30.5 Å². The summed E-state index contributed by atoms with van der Waals surface area (Å²) in [5.74, 6) is 0.912. The Morgan fingerprint density at radius 3 is 1.90 bits per heavy atom. The molecule has 1 aliphatic rings. The first kappa shape index (κ1) is 38.8. The van der Waals surface area contributed by atoms with Crippen molar-refractivity contribution in [2.24, 2.45) is 11.8 Å². The fourth-order valence-electron chi connectivity index (χ4n) is 6.41. The number of ketones is 1. The molecule has 0 amide bonds. The van der Waals surface area contributed by atoms with E-state index in [1.807, 2.05) is 0 Å². The smallest absolute Gasteiger partial charge is 0.333 e. The van der Waals surface area contributed by atoms with Crippen LogP contribution in [0.25, 0.3) is 0 Å². The van der Waals surface area contributed by atoms with E-state index in [1.54, 1.807) is 0 Å². The molecule has 0 aromatic heterocycles. The predicted octanol–water partition coefficient (Wildman–Crippen LogP) is 10.3. The lowest BCUT2D eigenvalue weighted by Gasteiger charge is -2.29. The van der Waals surface area contributed by atoms with E-state index in [9.17, 15) is 9.59 Å². The third-order valence-corrected chi connectivity index (χ3v) is 8.45. The van der Waals surface area contributed by atoms with Crippen LogP contribution in [-0.2, 0) is 23.8 Å². The van der Waals surface area contributed by atoms with E-state index in [0.29, 0.717) is 18.1 Å². The molecule has 0 aliphatic heterocycles. The summed E-state index contributed by atoms with van der Waals surface area (Å²) in [4.78, 5) is 25.3. The van der Waals surface area contributed by atoms with Crippen molar-refractivity contribution in [2.45, 2.75) is 194 Å². The Labute approximate surface area is 260 Å². The topological polar surface area (TPSA) is 61.8 Å². The molecule has 0 bridgehead atoms. The Morgan fingerprint density at radius 2 is 1.38 bits per heavy atom. The van der Waals surface area contributed by atoms with Crippen LogP contribution in [0.1, 0.15) is 171 Å². The average Bonchev–Trinajstić information content (AvgIpc) is 3.25. The van der Waals surface area contributed by atoms with Crippen LogP contribution >= 0.6 is 0 Å². The van der Waals surface area contributed by atoms with Gasteiger partial charge in [0.1, 0.15) is 5.78 Å². The van der Waals surface area contributed by atoms with Gasteiger partial charge in [0.2, 0.25) is 0 Å². The zero-order chi connectivity index (χ0) is 31.6. The van der Waals surface area contributed by atoms with E-state index in [1.165, 1.54) is 39.2 Å². The Kier molecular flexibility index (Phi) is 19.1. The fraction of sp³-hybridized carbons (Fsp3) is 0.892. The van der Waals surface area contributed by atoms with Crippen LogP contribution in [0.2, 0.25) is 0 Å². The molecule has 0 radical (unpaired) electrons. The van der Waals surface area contributed by atoms with Crippen molar-refractivity contribution in [2.75, 3.05) is 7.11 Å². The van der Waals surface area contributed by atoms with Crippen LogP contribution < -0.4 is 0 Å². The molecular formula is C37H68O5. The maximum absolute atomic E-state index is 12.8. The van der Waals surface area contributed by atoms with Crippen molar-refractivity contribution < 1.29 is 23.8 Å². The van der Waals surface area contributed by atoms with Crippen molar-refractivity contribution in [1.29, 1.82) is 0 Å². The number of Topliss-reactive ketones (excluding diaryl/α,β-unsaturated/α-hetero) is 1. The third-order valence-electron chi connectivity index (χ3n) is 8.45. The molecule has 1 rings (SSSR count). The molecule has 0 spiro atoms. The Balaban J connectivity index is 2.63. The van der Waals surface area contributed by atoms with Crippen molar-refractivity contribution in [3.8, 4) is 0 Å². The molecule has 0 N–H and O–H groups in total. The van der Waals surface area contributed by atoms with Gasteiger partial charge in [-0.2, -0.15) is 0 Å². The van der Waals surface area contributed by atoms with Crippen molar-refractivity contribution in [3.63, 3.8) is 0 Å². The minimum atomic E-state index is -0.227. The van der Waals surface area contributed by atoms with Crippen LogP contribution in [0.5, 0.6) is 0 Å². The number of carbonyl (C=O) groups is 2. The lowest BCUT2D eigenvalue weighted by atomic mass is 9.85. The average molecular weight is 593 g/mol. The summed E-state index contributed by atoms with van der Waals surface area (Å²) in [5.41, 5.74) is 0.434. The number of allylic oxidation sites excluding steroid dienone is 1. The third kappa shape index (κ3) is 17.8. The van der Waals surface area contributed by atoms with E-state index in [2.05, 4.69) is 61.5 Å². The van der Waals surface area contributed by atoms with E-state index >= 15 is 0 Å². The summed E-state index contributed by atoms with van der Waals surface area (Å²) in [6, 6.07) is 0. The highest BCUT2D eigenvalue weighted by Crippen LogP contribution is 2.37. The molecule has 1 saturated carbocycles. The van der Waals surface area contributed by atoms with Crippen LogP contribution in [-0.4, -0.2) is 42.3 Å². The van der Waals surface area contributed by atoms with E-state index < -0.39 is 0 Å². The molecule has 0 heterocycles. The molecule has 3 unspecified atom stereocenters. The summed E-state index contributed by atoms with van der Waals surface area (Å²) >= 11 is 0. The Hall–Kier alpha value is -1.20. The van der Waals surface area contributed by atoms with Gasteiger partial charge in [-0.1, -0.05) is 64.9 Å². The summed E-state index contributed by atoms with van der Waals surface area (Å²) in [6.45, 7) is 17.2. The van der Waals surface area contributed by atoms with Crippen molar-refractivity contribution in [1.82, 2.24) is 0 Å². The van der Waals surface area contributed by atoms with Crippen molar-refractivity contribution in [3.05, 3.63) is 11.6 Å². The number of carbonyl (C=O) groups excluding carboxylic acids is 2. The molecular weight excluding hydrogens is 524 g/mol. The zero-order valence-electron chi connectivity index (χ0n) is 29.2. The highest BCUT2D eigenvalue weighted by atomic mass is 16.5. The number of hydrogen-bond donors (Lipinski definition) is 0. The second-order valence-electron chi connectivity index (χ2n) is 14.7. The molecule has 0 aromatic rings. The highest BCUT2D eigenvalue weighted by molar-refractivity contribution is 5.88. The van der Waals surface area contributed by atoms with Gasteiger partial charge in [0.15, 0.2) is 0 Å². The standard InChI is InChI=1S/C37H68O5/c1-10-12-15-20-31(41-36(3,4)5)26-23-29-25-28-34(38)33(29)22-18-14-17-19-30(35(39)40-9)24-27-32(21-16-13-11-2)42-37(6,7)8/h19,29,31-33H,10-18,20-28H2,1-9H3/t29-,31?,32?,33?/m0/s1. The molecule has 42 heavy (non-hydrogen) atoms. The second kappa shape index (κ2) is 20.7. The number of ether oxygens (including phenoxy) is 3. The normalized spacial score (nSPS) is 19.7. The summed E-state index contributed by atoms with van der Waals surface area (Å²) in [7, 11) is 1.47. The van der Waals surface area contributed by atoms with Gasteiger partial charge in [-0.05, 0) is 112 Å². The monoisotopic (exact) mass is 593 g/mol. The van der Waals surface area contributed by atoms with Crippen LogP contribution in [0, 0.1) is 11.8 Å². The van der Waals surface area contributed by atoms with Crippen molar-refractivity contribution >= 4 is 11.8 Å². The second-order valence-corrected chi connectivity index (χ2v) is 14.7. The number of methoxy groups -OCH3 is 1. The number of unbranched alkanes of at least 4 members (excludes halogenated alkanes) is 6. The molecule has 1 fully saturated rings. The number of rotatable bonds is 22. The van der Waals surface area contributed by atoms with E-state index in [-0.39, 0.29) is 35.3 Å². The molecule has 1 aliphatic carbocycles. The van der Waals surface area contributed by atoms with E-state index in [4.69, 9.17) is 14.2 Å². The lowest BCUT2D eigenvalue weighted by molar-refractivity contribution is -0.136. The largest absolute Gasteiger partial charge is 0.466 e. The quantitative estimate of drug-likeness (QED) is 0.0711. The van der Waals surface area contributed by atoms with Crippen LogP contribution in [0.3, 0.4) is 0 Å². The van der Waals surface area contributed by atoms with Gasteiger partial charge < -0.3 is 14.2 Å². The minimum absolute atomic E-state index is 0.131. The fourth-order valence-corrected chi connectivity index (χ4v) is 6.41. The molecule has 246 valence electrons. The van der Waals surface area contributed by atoms with Gasteiger partial charge in [-0.25, -0.2) is 4.79 Å². The lowest BCUT2D eigenvalue weighted by Crippen LogP contribution is -2.28. The number of hydrogen-bond acceptors (Lipinski definition) is 5. The Morgan fingerprint density at radius 1 is 0.810 bits per heavy atom. The van der Waals surface area contributed by atoms with Crippen LogP contribution in [0.4, 0.5) is 0 Å². The summed E-state index contributed by atoms with van der Waals surface area (Å²) < 4.78 is 17.9. The summed E-state index contributed by atoms with van der Waals surface area (Å²) in [5, 5.41) is 0. The molecule has 4 atom stereocenters. The highest BCUT2D eigenvalue weighted by Gasteiger charge is 2.34. The maximum atomic E-state index is 12.8. The first-order chi connectivity index (χ1) is 19.8. The Bertz CT molecular complexity index is 772. The maximum Gasteiger partial charge on any atom is 0.333 e. The molecule has 5 nitrogen and oxygen atoms in total. The van der Waals surface area contributed by atoms with Gasteiger partial charge >= 0.3 is 5.97 Å². The minimum Gasteiger partial charge on any atom is -0.466 e. The summed E-state index contributed by atoms with van der Waals surface area (Å²) in [6.07, 6.45) is 21.1. The predicted molar refractivity (Wildman–Crippen MR) is 176 cm³/mol. The molecule has 0 saturated heterocycles. The SMILES string of the molecule is CCCCCC(CCC(=CCCCCC1C(=O)CC[C@@H]1CCC(CCCCC)OC(C)(C)C)C(=O)OC)OC(C)(C)C. The van der Waals surface area contributed by atoms with Gasteiger partial charge in [-0.15, -0.1) is 0 Å². The molecule has 0 aromatic carbocycles. The molecule has 5 heteroatoms. The van der Waals surface area contributed by atoms with Gasteiger partial charge in [-0.3, -0.25) is 4.79 Å². The first-order valence-electron chi connectivity index (χ1n) is 17.4. The van der Waals surface area contributed by atoms with Gasteiger partial charge in [0, 0.05) is 17.9 Å². The zero-order valence-corrected chi connectivity index (χ0v) is 29.2. The first-order valence-corrected chi connectivity index (χ1v) is 17.4.